The Morgan fingerprint density at radius 1 is 1.17 bits per heavy atom. The summed E-state index contributed by atoms with van der Waals surface area (Å²) in [4.78, 5) is 23.1. The number of hydrogen-bond acceptors (Lipinski definition) is 4. The first kappa shape index (κ1) is 16.4. The van der Waals surface area contributed by atoms with E-state index in [9.17, 15) is 4.79 Å². The minimum absolute atomic E-state index is 0.0261. The summed E-state index contributed by atoms with van der Waals surface area (Å²) in [5, 5.41) is 3.09. The highest BCUT2D eigenvalue weighted by Crippen LogP contribution is 2.20. The summed E-state index contributed by atoms with van der Waals surface area (Å²) >= 11 is 0. The molecule has 5 nitrogen and oxygen atoms in total. The third-order valence-corrected chi connectivity index (χ3v) is 4.52. The number of hydrogen-bond donors (Lipinski definition) is 1. The Labute approximate surface area is 143 Å². The second-order valence-electron chi connectivity index (χ2n) is 6.58. The van der Waals surface area contributed by atoms with Crippen LogP contribution in [0.25, 0.3) is 0 Å². The molecule has 126 valence electrons. The summed E-state index contributed by atoms with van der Waals surface area (Å²) in [6.45, 7) is 6.70. The molecule has 0 saturated carbocycles. The molecule has 1 saturated heterocycles. The number of carbonyl (C=O) groups is 1. The van der Waals surface area contributed by atoms with Crippen molar-refractivity contribution >= 4 is 11.7 Å². The molecule has 0 spiro atoms. The van der Waals surface area contributed by atoms with Crippen molar-refractivity contribution in [1.29, 1.82) is 0 Å². The molecule has 3 rings (SSSR count). The fourth-order valence-electron chi connectivity index (χ4n) is 3.27. The van der Waals surface area contributed by atoms with Crippen LogP contribution in [0.5, 0.6) is 0 Å². The molecule has 1 aliphatic rings. The third-order valence-electron chi connectivity index (χ3n) is 4.52. The van der Waals surface area contributed by atoms with Gasteiger partial charge in [0.2, 0.25) is 0 Å². The first-order valence-electron chi connectivity index (χ1n) is 8.49. The average Bonchev–Trinajstić information content (AvgIpc) is 2.60. The molecule has 2 aromatic rings. The van der Waals surface area contributed by atoms with Crippen LogP contribution in [-0.4, -0.2) is 35.5 Å². The van der Waals surface area contributed by atoms with E-state index < -0.39 is 0 Å². The summed E-state index contributed by atoms with van der Waals surface area (Å²) in [5.74, 6) is 1.49. The van der Waals surface area contributed by atoms with Crippen molar-refractivity contribution in [2.45, 2.75) is 26.7 Å². The van der Waals surface area contributed by atoms with Gasteiger partial charge in [-0.15, -0.1) is 0 Å². The molecule has 2 heterocycles. The van der Waals surface area contributed by atoms with E-state index in [1.165, 1.54) is 0 Å². The molecule has 0 radical (unpaired) electrons. The maximum Gasteiger partial charge on any atom is 0.251 e. The van der Waals surface area contributed by atoms with E-state index >= 15 is 0 Å². The van der Waals surface area contributed by atoms with Crippen LogP contribution in [0.15, 0.2) is 36.8 Å². The first-order valence-corrected chi connectivity index (χ1v) is 8.49. The number of aryl methyl sites for hydroxylation is 2. The number of aromatic nitrogens is 2. The van der Waals surface area contributed by atoms with Crippen molar-refractivity contribution in [2.75, 3.05) is 24.5 Å². The van der Waals surface area contributed by atoms with Crippen molar-refractivity contribution in [3.05, 3.63) is 53.5 Å². The number of rotatable bonds is 4. The summed E-state index contributed by atoms with van der Waals surface area (Å²) in [5.41, 5.74) is 3.00. The smallest absolute Gasteiger partial charge is 0.251 e. The Morgan fingerprint density at radius 3 is 2.50 bits per heavy atom. The summed E-state index contributed by atoms with van der Waals surface area (Å²) < 4.78 is 0. The highest BCUT2D eigenvalue weighted by atomic mass is 16.1. The summed E-state index contributed by atoms with van der Waals surface area (Å²) in [6, 6.07) is 5.97. The quantitative estimate of drug-likeness (QED) is 0.939. The molecule has 0 bridgehead atoms. The maximum atomic E-state index is 12.3. The second kappa shape index (κ2) is 7.43. The summed E-state index contributed by atoms with van der Waals surface area (Å²) in [7, 11) is 0. The number of piperidine rings is 1. The molecule has 24 heavy (non-hydrogen) atoms. The number of benzene rings is 1. The lowest BCUT2D eigenvalue weighted by molar-refractivity contribution is 0.0944. The number of nitrogens with zero attached hydrogens (tertiary/aromatic N) is 3. The predicted molar refractivity (Wildman–Crippen MR) is 95.2 cm³/mol. The molecule has 1 amide bonds. The van der Waals surface area contributed by atoms with Gasteiger partial charge < -0.3 is 10.2 Å². The fourth-order valence-corrected chi connectivity index (χ4v) is 3.27. The molecule has 0 aliphatic carbocycles. The standard InChI is InChI=1S/C19H24N4O/c1-14-9-15(2)11-17(10-14)19(24)22-12-16-3-7-23(8-4-16)18-13-20-5-6-21-18/h5-6,9-11,13,16H,3-4,7-8,12H2,1-2H3,(H,22,24). The van der Waals surface area contributed by atoms with Gasteiger partial charge in [0.1, 0.15) is 5.82 Å². The van der Waals surface area contributed by atoms with Crippen molar-refractivity contribution < 1.29 is 4.79 Å². The van der Waals surface area contributed by atoms with E-state index in [2.05, 4.69) is 26.3 Å². The van der Waals surface area contributed by atoms with Gasteiger partial charge >= 0.3 is 0 Å². The van der Waals surface area contributed by atoms with Gasteiger partial charge in [0, 0.05) is 37.6 Å². The Bertz CT molecular complexity index is 674. The van der Waals surface area contributed by atoms with Crippen LogP contribution in [-0.2, 0) is 0 Å². The number of amides is 1. The Morgan fingerprint density at radius 2 is 1.88 bits per heavy atom. The van der Waals surface area contributed by atoms with Gasteiger partial charge in [-0.3, -0.25) is 9.78 Å². The molecular weight excluding hydrogens is 300 g/mol. The van der Waals surface area contributed by atoms with Gasteiger partial charge in [-0.1, -0.05) is 17.2 Å². The van der Waals surface area contributed by atoms with Crippen LogP contribution in [0.1, 0.15) is 34.3 Å². The van der Waals surface area contributed by atoms with E-state index in [0.29, 0.717) is 5.92 Å². The number of carbonyl (C=O) groups excluding carboxylic acids is 1. The van der Waals surface area contributed by atoms with Crippen LogP contribution < -0.4 is 10.2 Å². The molecule has 1 fully saturated rings. The molecular formula is C19H24N4O. The molecule has 0 unspecified atom stereocenters. The van der Waals surface area contributed by atoms with Gasteiger partial charge in [0.25, 0.3) is 5.91 Å². The van der Waals surface area contributed by atoms with E-state index in [1.807, 2.05) is 32.2 Å². The van der Waals surface area contributed by atoms with Crippen LogP contribution in [0.4, 0.5) is 5.82 Å². The highest BCUT2D eigenvalue weighted by Gasteiger charge is 2.21. The van der Waals surface area contributed by atoms with Crippen LogP contribution in [0.3, 0.4) is 0 Å². The van der Waals surface area contributed by atoms with Crippen molar-refractivity contribution in [3.63, 3.8) is 0 Å². The lowest BCUT2D eigenvalue weighted by atomic mass is 9.96. The van der Waals surface area contributed by atoms with E-state index in [1.54, 1.807) is 12.4 Å². The van der Waals surface area contributed by atoms with Crippen molar-refractivity contribution in [1.82, 2.24) is 15.3 Å². The van der Waals surface area contributed by atoms with Crippen LogP contribution in [0.2, 0.25) is 0 Å². The zero-order valence-corrected chi connectivity index (χ0v) is 14.3. The normalized spacial score (nSPS) is 15.3. The van der Waals surface area contributed by atoms with E-state index in [4.69, 9.17) is 0 Å². The minimum Gasteiger partial charge on any atom is -0.355 e. The highest BCUT2D eigenvalue weighted by molar-refractivity contribution is 5.94. The Balaban J connectivity index is 1.49. The molecule has 1 aliphatic heterocycles. The topological polar surface area (TPSA) is 58.1 Å². The van der Waals surface area contributed by atoms with E-state index in [0.717, 1.165) is 55.0 Å². The van der Waals surface area contributed by atoms with E-state index in [-0.39, 0.29) is 5.91 Å². The van der Waals surface area contributed by atoms with Gasteiger partial charge in [0.15, 0.2) is 0 Å². The zero-order valence-electron chi connectivity index (χ0n) is 14.3. The predicted octanol–water partition coefficient (Wildman–Crippen LogP) is 2.74. The average molecular weight is 324 g/mol. The van der Waals surface area contributed by atoms with Gasteiger partial charge in [0.05, 0.1) is 6.20 Å². The first-order chi connectivity index (χ1) is 11.6. The third kappa shape index (κ3) is 4.10. The molecule has 1 aromatic carbocycles. The largest absolute Gasteiger partial charge is 0.355 e. The summed E-state index contributed by atoms with van der Waals surface area (Å²) in [6.07, 6.45) is 7.35. The van der Waals surface area contributed by atoms with Crippen LogP contribution in [0, 0.1) is 19.8 Å². The van der Waals surface area contributed by atoms with Gasteiger partial charge in [-0.25, -0.2) is 4.98 Å². The minimum atomic E-state index is 0.0261. The molecule has 5 heteroatoms. The monoisotopic (exact) mass is 324 g/mol. The maximum absolute atomic E-state index is 12.3. The number of nitrogens with one attached hydrogen (secondary N) is 1. The fraction of sp³-hybridized carbons (Fsp3) is 0.421. The molecule has 1 aromatic heterocycles. The lowest BCUT2D eigenvalue weighted by Crippen LogP contribution is -2.39. The zero-order chi connectivity index (χ0) is 16.9. The SMILES string of the molecule is Cc1cc(C)cc(C(=O)NCC2CCN(c3cnccn3)CC2)c1. The number of anilines is 1. The van der Waals surface area contributed by atoms with Crippen molar-refractivity contribution in [3.8, 4) is 0 Å². The second-order valence-corrected chi connectivity index (χ2v) is 6.58. The van der Waals surface area contributed by atoms with Crippen LogP contribution >= 0.6 is 0 Å². The van der Waals surface area contributed by atoms with Gasteiger partial charge in [-0.2, -0.15) is 0 Å². The Hall–Kier alpha value is -2.43. The van der Waals surface area contributed by atoms with Crippen molar-refractivity contribution in [2.24, 2.45) is 5.92 Å². The molecule has 0 atom stereocenters. The van der Waals surface area contributed by atoms with Gasteiger partial charge in [-0.05, 0) is 44.7 Å². The molecule has 1 N–H and O–H groups in total. The lowest BCUT2D eigenvalue weighted by Gasteiger charge is -2.32. The Kier molecular flexibility index (Phi) is 5.08.